The summed E-state index contributed by atoms with van der Waals surface area (Å²) in [6.45, 7) is 4.25. The molecule has 0 N–H and O–H groups in total. The van der Waals surface area contributed by atoms with Gasteiger partial charge in [0.1, 0.15) is 12.1 Å². The Kier molecular flexibility index (Phi) is 5.37. The summed E-state index contributed by atoms with van der Waals surface area (Å²) < 4.78 is 7.51. The van der Waals surface area contributed by atoms with Crippen LogP contribution in [0.5, 0.6) is 5.75 Å². The second-order valence-corrected chi connectivity index (χ2v) is 7.59. The van der Waals surface area contributed by atoms with Gasteiger partial charge in [0.25, 0.3) is 5.91 Å². The lowest BCUT2D eigenvalue weighted by Crippen LogP contribution is -2.52. The van der Waals surface area contributed by atoms with Crippen LogP contribution < -0.4 is 9.64 Å². The van der Waals surface area contributed by atoms with E-state index in [2.05, 4.69) is 25.2 Å². The number of para-hydroxylation sites is 2. The molecule has 32 heavy (non-hydrogen) atoms. The van der Waals surface area contributed by atoms with Gasteiger partial charge < -0.3 is 14.5 Å². The van der Waals surface area contributed by atoms with Gasteiger partial charge in [0.05, 0.1) is 5.69 Å². The SMILES string of the molecule is CC(Oc1ccccc1)C(=O)N1CCN(c2ncnc3c2nnn3-c2ccccc2)CC1. The number of carbonyl (C=O) groups excluding carboxylic acids is 1. The molecule has 0 aliphatic carbocycles. The first-order valence-electron chi connectivity index (χ1n) is 10.6. The summed E-state index contributed by atoms with van der Waals surface area (Å²) in [5, 5.41) is 8.63. The quantitative estimate of drug-likeness (QED) is 0.481. The zero-order valence-electron chi connectivity index (χ0n) is 17.7. The van der Waals surface area contributed by atoms with Gasteiger partial charge in [-0.1, -0.05) is 41.6 Å². The Bertz CT molecular complexity index is 1200. The Hall–Kier alpha value is -4.01. The number of ether oxygens (including phenoxy) is 1. The van der Waals surface area contributed by atoms with E-state index in [1.807, 2.05) is 65.6 Å². The van der Waals surface area contributed by atoms with E-state index in [-0.39, 0.29) is 5.91 Å². The van der Waals surface area contributed by atoms with Crippen LogP contribution in [-0.4, -0.2) is 68.1 Å². The fraction of sp³-hybridized carbons (Fsp3) is 0.261. The number of hydrogen-bond acceptors (Lipinski definition) is 7. The smallest absolute Gasteiger partial charge is 0.263 e. The van der Waals surface area contributed by atoms with Crippen LogP contribution in [0.25, 0.3) is 16.9 Å². The second-order valence-electron chi connectivity index (χ2n) is 7.59. The van der Waals surface area contributed by atoms with E-state index in [9.17, 15) is 4.79 Å². The third-order valence-corrected chi connectivity index (χ3v) is 5.51. The van der Waals surface area contributed by atoms with Gasteiger partial charge in [0, 0.05) is 26.2 Å². The molecule has 9 nitrogen and oxygen atoms in total. The van der Waals surface area contributed by atoms with Crippen LogP contribution in [0.15, 0.2) is 67.0 Å². The van der Waals surface area contributed by atoms with Crippen molar-refractivity contribution in [3.05, 3.63) is 67.0 Å². The molecular weight excluding hydrogens is 406 g/mol. The van der Waals surface area contributed by atoms with Gasteiger partial charge in [-0.2, -0.15) is 4.68 Å². The predicted octanol–water partition coefficient (Wildman–Crippen LogP) is 2.33. The summed E-state index contributed by atoms with van der Waals surface area (Å²) in [6.07, 6.45) is 0.994. The van der Waals surface area contributed by atoms with Crippen LogP contribution in [0.2, 0.25) is 0 Å². The first-order valence-corrected chi connectivity index (χ1v) is 10.6. The average molecular weight is 429 g/mol. The van der Waals surface area contributed by atoms with E-state index in [0.29, 0.717) is 43.1 Å². The molecule has 0 bridgehead atoms. The minimum absolute atomic E-state index is 0.0173. The molecule has 1 fully saturated rings. The Labute approximate surface area is 185 Å². The lowest BCUT2D eigenvalue weighted by molar-refractivity contribution is -0.138. The highest BCUT2D eigenvalue weighted by atomic mass is 16.5. The Balaban J connectivity index is 1.28. The van der Waals surface area contributed by atoms with E-state index in [1.54, 1.807) is 11.6 Å². The van der Waals surface area contributed by atoms with Gasteiger partial charge in [0.2, 0.25) is 0 Å². The lowest BCUT2D eigenvalue weighted by atomic mass is 10.2. The molecule has 1 aliphatic heterocycles. The van der Waals surface area contributed by atoms with Crippen LogP contribution in [0, 0.1) is 0 Å². The number of benzene rings is 2. The fourth-order valence-corrected chi connectivity index (χ4v) is 3.86. The molecular formula is C23H23N7O2. The lowest BCUT2D eigenvalue weighted by Gasteiger charge is -2.36. The molecule has 2 aromatic heterocycles. The molecule has 1 saturated heterocycles. The highest BCUT2D eigenvalue weighted by Crippen LogP contribution is 2.24. The summed E-state index contributed by atoms with van der Waals surface area (Å²) in [6, 6.07) is 19.2. The van der Waals surface area contributed by atoms with Crippen molar-refractivity contribution in [2.45, 2.75) is 13.0 Å². The van der Waals surface area contributed by atoms with Crippen molar-refractivity contribution in [2.75, 3.05) is 31.1 Å². The minimum Gasteiger partial charge on any atom is -0.481 e. The zero-order valence-corrected chi connectivity index (χ0v) is 17.7. The molecule has 0 radical (unpaired) electrons. The number of carbonyl (C=O) groups is 1. The molecule has 9 heteroatoms. The maximum Gasteiger partial charge on any atom is 0.263 e. The fourth-order valence-electron chi connectivity index (χ4n) is 3.86. The third kappa shape index (κ3) is 3.84. The molecule has 162 valence electrons. The number of fused-ring (bicyclic) bond motifs is 1. The normalized spacial score (nSPS) is 15.0. The molecule has 4 aromatic rings. The van der Waals surface area contributed by atoms with Crippen molar-refractivity contribution in [2.24, 2.45) is 0 Å². The number of piperazine rings is 1. The van der Waals surface area contributed by atoms with Gasteiger partial charge in [0.15, 0.2) is 23.1 Å². The molecule has 2 aromatic carbocycles. The van der Waals surface area contributed by atoms with Crippen molar-refractivity contribution < 1.29 is 9.53 Å². The molecule has 0 spiro atoms. The predicted molar refractivity (Wildman–Crippen MR) is 120 cm³/mol. The molecule has 0 saturated carbocycles. The van der Waals surface area contributed by atoms with Crippen molar-refractivity contribution in [1.29, 1.82) is 0 Å². The van der Waals surface area contributed by atoms with Gasteiger partial charge in [-0.05, 0) is 31.2 Å². The van der Waals surface area contributed by atoms with E-state index < -0.39 is 6.10 Å². The molecule has 5 rings (SSSR count). The van der Waals surface area contributed by atoms with Crippen LogP contribution in [-0.2, 0) is 4.79 Å². The summed E-state index contributed by atoms with van der Waals surface area (Å²) in [4.78, 5) is 25.7. The van der Waals surface area contributed by atoms with E-state index in [1.165, 1.54) is 6.33 Å². The highest BCUT2D eigenvalue weighted by Gasteiger charge is 2.28. The Morgan fingerprint density at radius 2 is 1.62 bits per heavy atom. The van der Waals surface area contributed by atoms with Crippen LogP contribution in [0.3, 0.4) is 0 Å². The number of hydrogen-bond donors (Lipinski definition) is 0. The first kappa shape index (κ1) is 19.9. The van der Waals surface area contributed by atoms with Gasteiger partial charge in [-0.15, -0.1) is 5.10 Å². The standard InChI is InChI=1S/C23H23N7O2/c1-17(32-19-10-6-3-7-11-19)23(31)29-14-12-28(13-15-29)21-20-22(25-16-24-21)30(27-26-20)18-8-4-2-5-9-18/h2-11,16-17H,12-15H2,1H3. The largest absolute Gasteiger partial charge is 0.481 e. The van der Waals surface area contributed by atoms with Crippen LogP contribution in [0.1, 0.15) is 6.92 Å². The summed E-state index contributed by atoms with van der Waals surface area (Å²) in [5.74, 6) is 1.41. The molecule has 1 atom stereocenters. The molecule has 1 unspecified atom stereocenters. The van der Waals surface area contributed by atoms with Gasteiger partial charge in [-0.3, -0.25) is 4.79 Å². The van der Waals surface area contributed by atoms with Gasteiger partial charge >= 0.3 is 0 Å². The monoisotopic (exact) mass is 429 g/mol. The second kappa shape index (κ2) is 8.62. The topological polar surface area (TPSA) is 89.3 Å². The maximum atomic E-state index is 12.8. The van der Waals surface area contributed by atoms with Crippen molar-refractivity contribution >= 4 is 22.9 Å². The summed E-state index contributed by atoms with van der Waals surface area (Å²) >= 11 is 0. The number of nitrogens with zero attached hydrogens (tertiary/aromatic N) is 7. The van der Waals surface area contributed by atoms with Crippen LogP contribution >= 0.6 is 0 Å². The Morgan fingerprint density at radius 1 is 0.938 bits per heavy atom. The van der Waals surface area contributed by atoms with Crippen molar-refractivity contribution in [3.8, 4) is 11.4 Å². The van der Waals surface area contributed by atoms with E-state index in [4.69, 9.17) is 4.74 Å². The zero-order chi connectivity index (χ0) is 21.9. The number of amides is 1. The number of aromatic nitrogens is 5. The van der Waals surface area contributed by atoms with Crippen LogP contribution in [0.4, 0.5) is 5.82 Å². The molecule has 3 heterocycles. The summed E-state index contributed by atoms with van der Waals surface area (Å²) in [5.41, 5.74) is 2.20. The van der Waals surface area contributed by atoms with E-state index in [0.717, 1.165) is 11.5 Å². The van der Waals surface area contributed by atoms with Crippen molar-refractivity contribution in [3.63, 3.8) is 0 Å². The number of rotatable bonds is 5. The molecule has 1 aliphatic rings. The minimum atomic E-state index is -0.541. The third-order valence-electron chi connectivity index (χ3n) is 5.51. The highest BCUT2D eigenvalue weighted by molar-refractivity contribution is 5.84. The Morgan fingerprint density at radius 3 is 2.34 bits per heavy atom. The summed E-state index contributed by atoms with van der Waals surface area (Å²) in [7, 11) is 0. The van der Waals surface area contributed by atoms with Gasteiger partial charge in [-0.25, -0.2) is 9.97 Å². The van der Waals surface area contributed by atoms with Crippen molar-refractivity contribution in [1.82, 2.24) is 29.9 Å². The maximum absolute atomic E-state index is 12.8. The molecule has 1 amide bonds. The van der Waals surface area contributed by atoms with E-state index >= 15 is 0 Å². The average Bonchev–Trinajstić information content (AvgIpc) is 3.29. The first-order chi connectivity index (χ1) is 15.7. The number of anilines is 1.